The molecule has 0 saturated carbocycles. The molecule has 0 rings (SSSR count). The third-order valence-corrected chi connectivity index (χ3v) is 4.11. The molecule has 0 bridgehead atoms. The van der Waals surface area contributed by atoms with Crippen molar-refractivity contribution in [1.82, 2.24) is 0 Å². The van der Waals surface area contributed by atoms with Crippen LogP contribution in [0.4, 0.5) is 0 Å². The molecule has 0 unspecified atom stereocenters. The molecule has 0 aromatic carbocycles. The van der Waals surface area contributed by atoms with Gasteiger partial charge >= 0.3 is 0 Å². The van der Waals surface area contributed by atoms with E-state index in [0.717, 1.165) is 19.8 Å². The predicted octanol–water partition coefficient (Wildman–Crippen LogP) is 6.00. The number of hydrogen-bond acceptors (Lipinski definition) is 2. The first-order valence-corrected chi connectivity index (χ1v) is 9.84. The zero-order chi connectivity index (χ0) is 16.1. The van der Waals surface area contributed by atoms with Crippen LogP contribution in [0.25, 0.3) is 0 Å². The monoisotopic (exact) mass is 311 g/mol. The van der Waals surface area contributed by atoms with Gasteiger partial charge in [-0.25, -0.2) is 0 Å². The van der Waals surface area contributed by atoms with Gasteiger partial charge in [0.1, 0.15) is 0 Å². The summed E-state index contributed by atoms with van der Waals surface area (Å²) >= 11 is 0. The lowest BCUT2D eigenvalue weighted by Gasteiger charge is -2.01. The molecule has 0 radical (unpaired) electrons. The van der Waals surface area contributed by atoms with Gasteiger partial charge in [0, 0.05) is 13.2 Å². The van der Waals surface area contributed by atoms with Crippen LogP contribution < -0.4 is 5.73 Å². The fraction of sp³-hybridized carbons (Fsp3) is 0.900. The SMILES string of the molecule is CCOCCCCCCCCC=CCCCCCCCCN. The van der Waals surface area contributed by atoms with Gasteiger partial charge < -0.3 is 10.5 Å². The minimum Gasteiger partial charge on any atom is -0.382 e. The van der Waals surface area contributed by atoms with Crippen molar-refractivity contribution in [2.24, 2.45) is 5.73 Å². The Morgan fingerprint density at radius 3 is 1.59 bits per heavy atom. The Morgan fingerprint density at radius 1 is 0.636 bits per heavy atom. The number of hydrogen-bond donors (Lipinski definition) is 1. The van der Waals surface area contributed by atoms with E-state index in [0.29, 0.717) is 0 Å². The molecule has 2 nitrogen and oxygen atoms in total. The summed E-state index contributed by atoms with van der Waals surface area (Å²) in [5.74, 6) is 0. The van der Waals surface area contributed by atoms with E-state index in [1.54, 1.807) is 0 Å². The lowest BCUT2D eigenvalue weighted by atomic mass is 10.1. The highest BCUT2D eigenvalue weighted by Crippen LogP contribution is 2.09. The van der Waals surface area contributed by atoms with E-state index < -0.39 is 0 Å². The fourth-order valence-corrected chi connectivity index (χ4v) is 2.67. The van der Waals surface area contributed by atoms with Gasteiger partial charge in [0.15, 0.2) is 0 Å². The predicted molar refractivity (Wildman–Crippen MR) is 99.3 cm³/mol. The maximum absolute atomic E-state index is 5.49. The fourth-order valence-electron chi connectivity index (χ4n) is 2.67. The molecular formula is C20H41NO. The molecule has 0 amide bonds. The molecule has 0 fully saturated rings. The largest absolute Gasteiger partial charge is 0.382 e. The third-order valence-electron chi connectivity index (χ3n) is 4.11. The van der Waals surface area contributed by atoms with E-state index in [1.165, 1.54) is 89.9 Å². The van der Waals surface area contributed by atoms with Crippen LogP contribution in [0, 0.1) is 0 Å². The molecular weight excluding hydrogens is 270 g/mol. The maximum atomic E-state index is 5.49. The summed E-state index contributed by atoms with van der Waals surface area (Å²) in [5, 5.41) is 0. The van der Waals surface area contributed by atoms with E-state index in [4.69, 9.17) is 10.5 Å². The van der Waals surface area contributed by atoms with Crippen LogP contribution in [0.2, 0.25) is 0 Å². The second-order valence-electron chi connectivity index (χ2n) is 6.28. The number of allylic oxidation sites excluding steroid dienone is 2. The zero-order valence-corrected chi connectivity index (χ0v) is 15.2. The first-order valence-electron chi connectivity index (χ1n) is 9.84. The van der Waals surface area contributed by atoms with Gasteiger partial charge in [-0.3, -0.25) is 0 Å². The average molecular weight is 312 g/mol. The maximum Gasteiger partial charge on any atom is 0.0465 e. The minimum absolute atomic E-state index is 0.857. The van der Waals surface area contributed by atoms with Crippen molar-refractivity contribution < 1.29 is 4.74 Å². The smallest absolute Gasteiger partial charge is 0.0465 e. The Morgan fingerprint density at radius 2 is 1.09 bits per heavy atom. The van der Waals surface area contributed by atoms with E-state index in [9.17, 15) is 0 Å². The second-order valence-corrected chi connectivity index (χ2v) is 6.28. The van der Waals surface area contributed by atoms with Gasteiger partial charge in [0.2, 0.25) is 0 Å². The Hall–Kier alpha value is -0.340. The van der Waals surface area contributed by atoms with Crippen LogP contribution in [-0.4, -0.2) is 19.8 Å². The number of rotatable bonds is 18. The molecule has 132 valence electrons. The van der Waals surface area contributed by atoms with Crippen LogP contribution in [0.1, 0.15) is 96.8 Å². The standard InChI is InChI=1S/C20H41NO/c1-2-22-20-18-16-14-12-10-8-6-4-3-5-7-9-11-13-15-17-19-21/h3-4H,2,5-21H2,1H3. The van der Waals surface area contributed by atoms with Crippen molar-refractivity contribution >= 4 is 0 Å². The van der Waals surface area contributed by atoms with Gasteiger partial charge in [-0.1, -0.05) is 63.5 Å². The van der Waals surface area contributed by atoms with Crippen molar-refractivity contribution in [3.63, 3.8) is 0 Å². The highest BCUT2D eigenvalue weighted by atomic mass is 16.5. The van der Waals surface area contributed by atoms with Crippen molar-refractivity contribution in [3.8, 4) is 0 Å². The summed E-state index contributed by atoms with van der Waals surface area (Å²) in [5.41, 5.74) is 5.49. The lowest BCUT2D eigenvalue weighted by molar-refractivity contribution is 0.143. The molecule has 0 heterocycles. The highest BCUT2D eigenvalue weighted by Gasteiger charge is 1.92. The number of unbranched alkanes of at least 4 members (excludes halogenated alkanes) is 12. The Kier molecular flexibility index (Phi) is 20.3. The summed E-state index contributed by atoms with van der Waals surface area (Å²) in [4.78, 5) is 0. The van der Waals surface area contributed by atoms with Crippen molar-refractivity contribution in [2.75, 3.05) is 19.8 Å². The number of nitrogens with two attached hydrogens (primary N) is 1. The first-order chi connectivity index (χ1) is 10.9. The molecule has 0 saturated heterocycles. The van der Waals surface area contributed by atoms with Crippen LogP contribution in [-0.2, 0) is 4.74 Å². The molecule has 0 aromatic heterocycles. The summed E-state index contributed by atoms with van der Waals surface area (Å²) in [7, 11) is 0. The first kappa shape index (κ1) is 21.7. The van der Waals surface area contributed by atoms with Crippen molar-refractivity contribution in [2.45, 2.75) is 96.8 Å². The molecule has 0 aliphatic rings. The Balaban J connectivity index is 3.02. The van der Waals surface area contributed by atoms with Crippen LogP contribution >= 0.6 is 0 Å². The molecule has 0 aliphatic heterocycles. The lowest BCUT2D eigenvalue weighted by Crippen LogP contribution is -1.97. The van der Waals surface area contributed by atoms with Crippen molar-refractivity contribution in [3.05, 3.63) is 12.2 Å². The van der Waals surface area contributed by atoms with Crippen LogP contribution in [0.5, 0.6) is 0 Å². The normalized spacial score (nSPS) is 11.5. The summed E-state index contributed by atoms with van der Waals surface area (Å²) in [6.45, 7) is 4.74. The number of ether oxygens (including phenoxy) is 1. The summed E-state index contributed by atoms with van der Waals surface area (Å²) < 4.78 is 5.34. The van der Waals surface area contributed by atoms with Gasteiger partial charge in [-0.2, -0.15) is 0 Å². The Labute approximate surface area is 139 Å². The molecule has 0 aliphatic carbocycles. The molecule has 0 aromatic rings. The third kappa shape index (κ3) is 19.7. The van der Waals surface area contributed by atoms with E-state index in [2.05, 4.69) is 19.1 Å². The second kappa shape index (κ2) is 20.7. The van der Waals surface area contributed by atoms with Gasteiger partial charge in [-0.05, 0) is 52.0 Å². The quantitative estimate of drug-likeness (QED) is 0.249. The summed E-state index contributed by atoms with van der Waals surface area (Å²) in [6, 6.07) is 0. The van der Waals surface area contributed by atoms with Crippen LogP contribution in [0.15, 0.2) is 12.2 Å². The van der Waals surface area contributed by atoms with Gasteiger partial charge in [0.25, 0.3) is 0 Å². The highest BCUT2D eigenvalue weighted by molar-refractivity contribution is 4.81. The summed E-state index contributed by atoms with van der Waals surface area (Å²) in [6.07, 6.45) is 23.4. The van der Waals surface area contributed by atoms with E-state index in [1.807, 2.05) is 0 Å². The zero-order valence-electron chi connectivity index (χ0n) is 15.2. The van der Waals surface area contributed by atoms with Gasteiger partial charge in [-0.15, -0.1) is 0 Å². The molecule has 2 N–H and O–H groups in total. The molecule has 2 heteroatoms. The van der Waals surface area contributed by atoms with Crippen LogP contribution in [0.3, 0.4) is 0 Å². The molecule has 0 atom stereocenters. The molecule has 0 spiro atoms. The average Bonchev–Trinajstić information content (AvgIpc) is 2.54. The molecule has 22 heavy (non-hydrogen) atoms. The van der Waals surface area contributed by atoms with E-state index >= 15 is 0 Å². The topological polar surface area (TPSA) is 35.2 Å². The Bertz CT molecular complexity index is 216. The van der Waals surface area contributed by atoms with Gasteiger partial charge in [0.05, 0.1) is 0 Å². The van der Waals surface area contributed by atoms with E-state index in [-0.39, 0.29) is 0 Å². The van der Waals surface area contributed by atoms with Crippen molar-refractivity contribution in [1.29, 1.82) is 0 Å². The minimum atomic E-state index is 0.857.